The lowest BCUT2D eigenvalue weighted by molar-refractivity contribution is -0.133. The fourth-order valence-corrected chi connectivity index (χ4v) is 3.30. The van der Waals surface area contributed by atoms with Crippen molar-refractivity contribution in [3.63, 3.8) is 0 Å². The van der Waals surface area contributed by atoms with Gasteiger partial charge in [-0.25, -0.2) is 0 Å². The van der Waals surface area contributed by atoms with Crippen LogP contribution in [0.5, 0.6) is 0 Å². The van der Waals surface area contributed by atoms with Gasteiger partial charge in [-0.3, -0.25) is 9.59 Å². The Labute approximate surface area is 112 Å². The lowest BCUT2D eigenvalue weighted by Gasteiger charge is -2.33. The minimum absolute atomic E-state index is 0.0720. The van der Waals surface area contributed by atoms with Crippen molar-refractivity contribution in [2.24, 2.45) is 5.92 Å². The van der Waals surface area contributed by atoms with E-state index < -0.39 is 0 Å². The number of carbonyl (C=O) groups is 2. The van der Waals surface area contributed by atoms with Gasteiger partial charge in [0.1, 0.15) is 6.04 Å². The van der Waals surface area contributed by atoms with Gasteiger partial charge in [0.25, 0.3) is 5.24 Å². The average molecular weight is 271 g/mol. The lowest BCUT2D eigenvalue weighted by Crippen LogP contribution is -2.48. The summed E-state index contributed by atoms with van der Waals surface area (Å²) in [6, 6.07) is -0.295. The summed E-state index contributed by atoms with van der Waals surface area (Å²) in [6.07, 6.45) is 3.36. The fraction of sp³-hybridized carbons (Fsp3) is 0.833. The van der Waals surface area contributed by atoms with Crippen LogP contribution in [-0.2, 0) is 4.79 Å². The van der Waals surface area contributed by atoms with Crippen LogP contribution in [0.2, 0.25) is 0 Å². The first-order valence-electron chi connectivity index (χ1n) is 6.57. The van der Waals surface area contributed by atoms with Crippen molar-refractivity contribution < 1.29 is 9.59 Å². The molecule has 102 valence electrons. The van der Waals surface area contributed by atoms with Gasteiger partial charge in [0.2, 0.25) is 5.91 Å². The van der Waals surface area contributed by atoms with E-state index >= 15 is 0 Å². The maximum atomic E-state index is 12.2. The third-order valence-electron chi connectivity index (χ3n) is 3.70. The third kappa shape index (κ3) is 3.38. The first-order valence-corrected chi connectivity index (χ1v) is 7.56. The molecule has 1 atom stereocenters. The Kier molecular flexibility index (Phi) is 4.88. The molecule has 0 aromatic carbocycles. The van der Waals surface area contributed by atoms with Crippen molar-refractivity contribution in [2.45, 2.75) is 25.3 Å². The Morgan fingerprint density at radius 1 is 1.50 bits per heavy atom. The zero-order valence-corrected chi connectivity index (χ0v) is 11.6. The van der Waals surface area contributed by atoms with Crippen LogP contribution in [0.15, 0.2) is 0 Å². The van der Waals surface area contributed by atoms with Crippen molar-refractivity contribution >= 4 is 22.9 Å². The van der Waals surface area contributed by atoms with E-state index in [4.69, 9.17) is 0 Å². The summed E-state index contributed by atoms with van der Waals surface area (Å²) in [4.78, 5) is 25.1. The van der Waals surface area contributed by atoms with Gasteiger partial charge in [-0.05, 0) is 38.8 Å². The molecule has 2 heterocycles. The summed E-state index contributed by atoms with van der Waals surface area (Å²) >= 11 is 1.20. The van der Waals surface area contributed by atoms with Crippen LogP contribution in [0, 0.1) is 5.92 Å². The Bertz CT molecular complexity index is 316. The monoisotopic (exact) mass is 271 g/mol. The molecule has 0 aromatic rings. The summed E-state index contributed by atoms with van der Waals surface area (Å²) in [6.45, 7) is 2.72. The minimum atomic E-state index is -0.295. The van der Waals surface area contributed by atoms with Gasteiger partial charge in [0.05, 0.1) is 0 Å². The van der Waals surface area contributed by atoms with Crippen LogP contribution < -0.4 is 10.6 Å². The molecule has 2 amide bonds. The molecule has 1 unspecified atom stereocenters. The van der Waals surface area contributed by atoms with Gasteiger partial charge in [-0.15, -0.1) is 0 Å². The number of nitrogens with one attached hydrogen (secondary N) is 2. The molecular formula is C12H21N3O2S. The van der Waals surface area contributed by atoms with E-state index in [1.165, 1.54) is 18.2 Å². The molecular weight excluding hydrogens is 250 g/mol. The molecule has 0 bridgehead atoms. The largest absolute Gasteiger partial charge is 0.341 e. The summed E-state index contributed by atoms with van der Waals surface area (Å²) in [5.74, 6) is 1.41. The summed E-state index contributed by atoms with van der Waals surface area (Å²) in [7, 11) is 1.97. The second-order valence-corrected chi connectivity index (χ2v) is 5.95. The number of rotatable bonds is 4. The van der Waals surface area contributed by atoms with Crippen LogP contribution in [0.3, 0.4) is 0 Å². The highest BCUT2D eigenvalue weighted by atomic mass is 32.2. The normalized spacial score (nSPS) is 25.3. The zero-order chi connectivity index (χ0) is 13.0. The SMILES string of the molecule is CNCCC1CCN(C(=O)C2CSC(=O)N2)CC1. The van der Waals surface area contributed by atoms with Crippen LogP contribution in [0.4, 0.5) is 4.79 Å². The van der Waals surface area contributed by atoms with Crippen molar-refractivity contribution in [2.75, 3.05) is 32.4 Å². The van der Waals surface area contributed by atoms with E-state index in [0.717, 1.165) is 38.4 Å². The van der Waals surface area contributed by atoms with Gasteiger partial charge >= 0.3 is 0 Å². The number of hydrogen-bond donors (Lipinski definition) is 2. The highest BCUT2D eigenvalue weighted by molar-refractivity contribution is 8.14. The van der Waals surface area contributed by atoms with E-state index in [2.05, 4.69) is 10.6 Å². The fourth-order valence-electron chi connectivity index (χ4n) is 2.53. The van der Waals surface area contributed by atoms with Crippen molar-refractivity contribution in [1.29, 1.82) is 0 Å². The first-order chi connectivity index (χ1) is 8.70. The third-order valence-corrected chi connectivity index (χ3v) is 4.58. The van der Waals surface area contributed by atoms with E-state index in [1.807, 2.05) is 11.9 Å². The number of likely N-dealkylation sites (tertiary alicyclic amines) is 1. The van der Waals surface area contributed by atoms with Crippen molar-refractivity contribution in [1.82, 2.24) is 15.5 Å². The van der Waals surface area contributed by atoms with E-state index in [1.54, 1.807) is 0 Å². The molecule has 0 radical (unpaired) electrons. The molecule has 2 rings (SSSR count). The Balaban J connectivity index is 1.75. The predicted molar refractivity (Wildman–Crippen MR) is 72.6 cm³/mol. The minimum Gasteiger partial charge on any atom is -0.341 e. The van der Waals surface area contributed by atoms with Gasteiger partial charge in [0, 0.05) is 18.8 Å². The number of amides is 2. The number of thioether (sulfide) groups is 1. The van der Waals surface area contributed by atoms with Gasteiger partial charge in [-0.1, -0.05) is 11.8 Å². The van der Waals surface area contributed by atoms with E-state index in [0.29, 0.717) is 5.75 Å². The molecule has 0 aromatic heterocycles. The highest BCUT2D eigenvalue weighted by Gasteiger charge is 2.32. The predicted octanol–water partition coefficient (Wildman–Crippen LogP) is 0.659. The quantitative estimate of drug-likeness (QED) is 0.788. The number of carbonyl (C=O) groups excluding carboxylic acids is 2. The smallest absolute Gasteiger partial charge is 0.279 e. The Hall–Kier alpha value is -0.750. The topological polar surface area (TPSA) is 61.4 Å². The molecule has 2 N–H and O–H groups in total. The average Bonchev–Trinajstić information content (AvgIpc) is 2.83. The second-order valence-electron chi connectivity index (χ2n) is 4.96. The van der Waals surface area contributed by atoms with Gasteiger partial charge in [0.15, 0.2) is 0 Å². The molecule has 2 aliphatic rings. The second kappa shape index (κ2) is 6.43. The van der Waals surface area contributed by atoms with Gasteiger partial charge in [-0.2, -0.15) is 0 Å². The first kappa shape index (κ1) is 13.7. The maximum Gasteiger partial charge on any atom is 0.279 e. The molecule has 0 saturated carbocycles. The van der Waals surface area contributed by atoms with E-state index in [9.17, 15) is 9.59 Å². The summed E-state index contributed by atoms with van der Waals surface area (Å²) in [5, 5.41) is 5.82. The lowest BCUT2D eigenvalue weighted by atomic mass is 9.93. The number of hydrogen-bond acceptors (Lipinski definition) is 4. The van der Waals surface area contributed by atoms with Crippen molar-refractivity contribution in [3.05, 3.63) is 0 Å². The summed E-state index contributed by atoms with van der Waals surface area (Å²) in [5.41, 5.74) is 0. The molecule has 2 aliphatic heterocycles. The van der Waals surface area contributed by atoms with Crippen LogP contribution >= 0.6 is 11.8 Å². The van der Waals surface area contributed by atoms with Gasteiger partial charge < -0.3 is 15.5 Å². The van der Waals surface area contributed by atoms with Crippen LogP contribution in [0.25, 0.3) is 0 Å². The number of piperidine rings is 1. The molecule has 0 spiro atoms. The number of nitrogens with zero attached hydrogens (tertiary/aromatic N) is 1. The zero-order valence-electron chi connectivity index (χ0n) is 10.8. The van der Waals surface area contributed by atoms with Crippen LogP contribution in [-0.4, -0.2) is 54.5 Å². The Morgan fingerprint density at radius 3 is 2.78 bits per heavy atom. The molecule has 0 aliphatic carbocycles. The molecule has 2 fully saturated rings. The summed E-state index contributed by atoms with van der Waals surface area (Å²) < 4.78 is 0. The van der Waals surface area contributed by atoms with Crippen LogP contribution in [0.1, 0.15) is 19.3 Å². The highest BCUT2D eigenvalue weighted by Crippen LogP contribution is 2.22. The molecule has 6 heteroatoms. The molecule has 5 nitrogen and oxygen atoms in total. The standard InChI is InChI=1S/C12H21N3O2S/c1-13-5-2-9-3-6-15(7-4-9)11(16)10-8-18-12(17)14-10/h9-10,13H,2-8H2,1H3,(H,14,17). The maximum absolute atomic E-state index is 12.2. The van der Waals surface area contributed by atoms with E-state index in [-0.39, 0.29) is 17.2 Å². The Morgan fingerprint density at radius 2 is 2.22 bits per heavy atom. The van der Waals surface area contributed by atoms with Crippen molar-refractivity contribution in [3.8, 4) is 0 Å². The molecule has 2 saturated heterocycles. The molecule has 18 heavy (non-hydrogen) atoms.